The predicted molar refractivity (Wildman–Crippen MR) is 113 cm³/mol. The minimum atomic E-state index is -0.325. The second-order valence-electron chi connectivity index (χ2n) is 7.23. The predicted octanol–water partition coefficient (Wildman–Crippen LogP) is 3.61. The van der Waals surface area contributed by atoms with Gasteiger partial charge in [-0.05, 0) is 65.0 Å². The van der Waals surface area contributed by atoms with Crippen molar-refractivity contribution in [3.63, 3.8) is 0 Å². The maximum absolute atomic E-state index is 11.8. The molecule has 1 unspecified atom stereocenters. The Morgan fingerprint density at radius 2 is 1.67 bits per heavy atom. The molecule has 0 aromatic carbocycles. The maximum atomic E-state index is 11.8. The van der Waals surface area contributed by atoms with E-state index >= 15 is 0 Å². The van der Waals surface area contributed by atoms with E-state index in [4.69, 9.17) is 0 Å². The highest BCUT2D eigenvalue weighted by atomic mass is 16.2. The van der Waals surface area contributed by atoms with E-state index in [1.54, 1.807) is 0 Å². The highest BCUT2D eigenvalue weighted by Crippen LogP contribution is 2.08. The first kappa shape index (κ1) is 23.4. The fourth-order valence-corrected chi connectivity index (χ4v) is 3.13. The van der Waals surface area contributed by atoms with Crippen molar-refractivity contribution in [1.82, 2.24) is 16.0 Å². The van der Waals surface area contributed by atoms with E-state index in [1.807, 2.05) is 0 Å². The van der Waals surface area contributed by atoms with Crippen LogP contribution in [0.5, 0.6) is 0 Å². The van der Waals surface area contributed by atoms with Crippen LogP contribution in [0.1, 0.15) is 77.6 Å². The third-order valence-electron chi connectivity index (χ3n) is 4.77. The molecule has 0 saturated carbocycles. The molecule has 0 radical (unpaired) electrons. The Bertz CT molecular complexity index is 460. The fourth-order valence-electron chi connectivity index (χ4n) is 3.13. The molecule has 1 fully saturated rings. The second kappa shape index (κ2) is 16.5. The number of hydrogen-bond donors (Lipinski definition) is 3. The lowest BCUT2D eigenvalue weighted by molar-refractivity contribution is -0.125. The molecule has 1 aliphatic rings. The summed E-state index contributed by atoms with van der Waals surface area (Å²) in [7, 11) is 0. The maximum Gasteiger partial charge on any atom is 0.242 e. The molecule has 1 saturated heterocycles. The summed E-state index contributed by atoms with van der Waals surface area (Å²) in [6, 6.07) is -0.325. The van der Waals surface area contributed by atoms with Gasteiger partial charge in [-0.25, -0.2) is 0 Å². The van der Waals surface area contributed by atoms with Crippen molar-refractivity contribution in [3.05, 3.63) is 24.3 Å². The topological polar surface area (TPSA) is 70.2 Å². The van der Waals surface area contributed by atoms with Crippen molar-refractivity contribution in [2.24, 2.45) is 0 Å². The summed E-state index contributed by atoms with van der Waals surface area (Å²) in [5, 5.41) is 8.96. The summed E-state index contributed by atoms with van der Waals surface area (Å²) in [4.78, 5) is 22.9. The van der Waals surface area contributed by atoms with Gasteiger partial charge in [0.25, 0.3) is 0 Å². The van der Waals surface area contributed by atoms with Crippen LogP contribution in [-0.2, 0) is 9.59 Å². The second-order valence-corrected chi connectivity index (χ2v) is 7.23. The quantitative estimate of drug-likeness (QED) is 0.284. The van der Waals surface area contributed by atoms with Gasteiger partial charge in [-0.1, -0.05) is 43.6 Å². The third-order valence-corrected chi connectivity index (χ3v) is 4.77. The van der Waals surface area contributed by atoms with Gasteiger partial charge in [-0.15, -0.1) is 0 Å². The monoisotopic (exact) mass is 377 g/mol. The van der Waals surface area contributed by atoms with Crippen molar-refractivity contribution in [3.8, 4) is 0 Å². The molecule has 0 aromatic heterocycles. The SMILES string of the molecule is C/C=C/CCCCCCC/C=C/CCNCCCNC(=O)C1CCC(=O)N1. The first-order valence-electron chi connectivity index (χ1n) is 10.8. The van der Waals surface area contributed by atoms with Crippen molar-refractivity contribution < 1.29 is 9.59 Å². The Kier molecular flexibility index (Phi) is 14.4. The van der Waals surface area contributed by atoms with Gasteiger partial charge in [0.15, 0.2) is 0 Å². The van der Waals surface area contributed by atoms with E-state index in [0.717, 1.165) is 25.9 Å². The average molecular weight is 378 g/mol. The van der Waals surface area contributed by atoms with E-state index in [2.05, 4.69) is 47.2 Å². The molecular weight excluding hydrogens is 338 g/mol. The average Bonchev–Trinajstić information content (AvgIpc) is 3.10. The molecule has 1 rings (SSSR count). The van der Waals surface area contributed by atoms with Crippen LogP contribution in [0, 0.1) is 0 Å². The summed E-state index contributed by atoms with van der Waals surface area (Å²) in [5.41, 5.74) is 0. The van der Waals surface area contributed by atoms with Crippen LogP contribution in [0.2, 0.25) is 0 Å². The Balaban J connectivity index is 1.79. The van der Waals surface area contributed by atoms with E-state index in [0.29, 0.717) is 19.4 Å². The van der Waals surface area contributed by atoms with Crippen molar-refractivity contribution in [2.45, 2.75) is 83.6 Å². The molecule has 1 aliphatic heterocycles. The van der Waals surface area contributed by atoms with Gasteiger partial charge in [-0.2, -0.15) is 0 Å². The van der Waals surface area contributed by atoms with Crippen LogP contribution in [-0.4, -0.2) is 37.5 Å². The number of rotatable bonds is 16. The molecule has 1 atom stereocenters. The van der Waals surface area contributed by atoms with Crippen molar-refractivity contribution >= 4 is 11.8 Å². The Morgan fingerprint density at radius 1 is 0.963 bits per heavy atom. The minimum absolute atomic E-state index is 0.0232. The van der Waals surface area contributed by atoms with Gasteiger partial charge in [0.1, 0.15) is 6.04 Å². The molecule has 5 heteroatoms. The van der Waals surface area contributed by atoms with Crippen LogP contribution >= 0.6 is 0 Å². The molecule has 2 amide bonds. The van der Waals surface area contributed by atoms with Gasteiger partial charge >= 0.3 is 0 Å². The highest BCUT2D eigenvalue weighted by Gasteiger charge is 2.26. The third kappa shape index (κ3) is 13.2. The number of unbranched alkanes of at least 4 members (excludes halogenated alkanes) is 6. The fraction of sp³-hybridized carbons (Fsp3) is 0.727. The summed E-state index contributed by atoms with van der Waals surface area (Å²) in [6.07, 6.45) is 21.1. The van der Waals surface area contributed by atoms with Crippen LogP contribution < -0.4 is 16.0 Å². The number of hydrogen-bond acceptors (Lipinski definition) is 3. The first-order chi connectivity index (χ1) is 13.2. The van der Waals surface area contributed by atoms with Gasteiger partial charge in [-0.3, -0.25) is 9.59 Å². The largest absolute Gasteiger partial charge is 0.354 e. The lowest BCUT2D eigenvalue weighted by atomic mass is 10.1. The molecule has 0 aromatic rings. The zero-order valence-corrected chi connectivity index (χ0v) is 17.1. The summed E-state index contributed by atoms with van der Waals surface area (Å²) < 4.78 is 0. The normalized spacial score (nSPS) is 17.1. The zero-order chi connectivity index (χ0) is 19.6. The van der Waals surface area contributed by atoms with Crippen molar-refractivity contribution in [2.75, 3.05) is 19.6 Å². The van der Waals surface area contributed by atoms with E-state index < -0.39 is 0 Å². The first-order valence-corrected chi connectivity index (χ1v) is 10.8. The van der Waals surface area contributed by atoms with E-state index in [9.17, 15) is 9.59 Å². The number of carbonyl (C=O) groups is 2. The van der Waals surface area contributed by atoms with E-state index in [-0.39, 0.29) is 17.9 Å². The molecule has 154 valence electrons. The van der Waals surface area contributed by atoms with Gasteiger partial charge < -0.3 is 16.0 Å². The molecule has 0 spiro atoms. The highest BCUT2D eigenvalue weighted by molar-refractivity contribution is 5.90. The van der Waals surface area contributed by atoms with Crippen LogP contribution in [0.15, 0.2) is 24.3 Å². The van der Waals surface area contributed by atoms with Crippen LogP contribution in [0.25, 0.3) is 0 Å². The number of allylic oxidation sites excluding steroid dienone is 3. The lowest BCUT2D eigenvalue weighted by Crippen LogP contribution is -2.42. The molecule has 0 aliphatic carbocycles. The zero-order valence-electron chi connectivity index (χ0n) is 17.1. The van der Waals surface area contributed by atoms with Gasteiger partial charge in [0.05, 0.1) is 0 Å². The van der Waals surface area contributed by atoms with E-state index in [1.165, 1.54) is 44.9 Å². The molecule has 3 N–H and O–H groups in total. The van der Waals surface area contributed by atoms with Crippen molar-refractivity contribution in [1.29, 1.82) is 0 Å². The molecule has 27 heavy (non-hydrogen) atoms. The Hall–Kier alpha value is -1.62. The van der Waals surface area contributed by atoms with Gasteiger partial charge in [0, 0.05) is 13.0 Å². The number of nitrogens with one attached hydrogen (secondary N) is 3. The van der Waals surface area contributed by atoms with Crippen LogP contribution in [0.4, 0.5) is 0 Å². The molecule has 1 heterocycles. The lowest BCUT2D eigenvalue weighted by Gasteiger charge is -2.10. The molecule has 0 bridgehead atoms. The Labute approximate surface area is 165 Å². The molecule has 5 nitrogen and oxygen atoms in total. The number of carbonyl (C=O) groups excluding carboxylic acids is 2. The Morgan fingerprint density at radius 3 is 2.37 bits per heavy atom. The van der Waals surface area contributed by atoms with Gasteiger partial charge in [0.2, 0.25) is 11.8 Å². The summed E-state index contributed by atoms with van der Waals surface area (Å²) in [5.74, 6) is -0.0773. The van der Waals surface area contributed by atoms with Crippen LogP contribution in [0.3, 0.4) is 0 Å². The molecular formula is C22H39N3O2. The summed E-state index contributed by atoms with van der Waals surface area (Å²) in [6.45, 7) is 4.62. The summed E-state index contributed by atoms with van der Waals surface area (Å²) >= 11 is 0. The smallest absolute Gasteiger partial charge is 0.242 e. The minimum Gasteiger partial charge on any atom is -0.354 e. The standard InChI is InChI=1S/C22H39N3O2/c1-2-3-4-5-6-7-8-9-10-11-12-13-17-23-18-14-19-24-22(27)20-15-16-21(26)25-20/h2-3,11-12,20,23H,4-10,13-19H2,1H3,(H,24,27)(H,25,26)/b3-2+,12-11+. The number of amides is 2.